The van der Waals surface area contributed by atoms with E-state index in [0.717, 1.165) is 12.8 Å². The first-order chi connectivity index (χ1) is 5.74. The van der Waals surface area contributed by atoms with Crippen molar-refractivity contribution < 1.29 is 9.53 Å². The molecule has 0 aliphatic heterocycles. The van der Waals surface area contributed by atoms with Gasteiger partial charge in [0, 0.05) is 12.5 Å². The first-order valence-electron chi connectivity index (χ1n) is 4.56. The van der Waals surface area contributed by atoms with Crippen LogP contribution < -0.4 is 5.73 Å². The summed E-state index contributed by atoms with van der Waals surface area (Å²) in [6.07, 6.45) is 5.05. The molecule has 3 heteroatoms. The summed E-state index contributed by atoms with van der Waals surface area (Å²) >= 11 is 0. The number of nitrogens with two attached hydrogens (primary N) is 1. The highest BCUT2D eigenvalue weighted by Gasteiger charge is 2.24. The van der Waals surface area contributed by atoms with Gasteiger partial charge in [0.05, 0.1) is 7.11 Å². The van der Waals surface area contributed by atoms with Gasteiger partial charge < -0.3 is 10.5 Å². The molecular weight excluding hydrogens is 154 g/mol. The highest BCUT2D eigenvalue weighted by Crippen LogP contribution is 2.25. The van der Waals surface area contributed by atoms with Gasteiger partial charge in [0.2, 0.25) is 0 Å². The topological polar surface area (TPSA) is 52.3 Å². The predicted octanol–water partition coefficient (Wildman–Crippen LogP) is 1.07. The van der Waals surface area contributed by atoms with Gasteiger partial charge in [-0.05, 0) is 18.8 Å². The molecule has 12 heavy (non-hydrogen) atoms. The van der Waals surface area contributed by atoms with Crippen molar-refractivity contribution in [3.63, 3.8) is 0 Å². The zero-order valence-electron chi connectivity index (χ0n) is 7.58. The van der Waals surface area contributed by atoms with Gasteiger partial charge in [0.1, 0.15) is 0 Å². The van der Waals surface area contributed by atoms with Crippen LogP contribution in [0.5, 0.6) is 0 Å². The molecule has 1 aliphatic rings. The van der Waals surface area contributed by atoms with Gasteiger partial charge in [-0.1, -0.05) is 12.8 Å². The quantitative estimate of drug-likeness (QED) is 0.632. The molecule has 0 radical (unpaired) electrons. The average Bonchev–Trinajstić information content (AvgIpc) is 2.09. The van der Waals surface area contributed by atoms with Gasteiger partial charge in [-0.25, -0.2) is 0 Å². The number of esters is 1. The van der Waals surface area contributed by atoms with Crippen molar-refractivity contribution in [1.29, 1.82) is 0 Å². The molecule has 0 spiro atoms. The Hall–Kier alpha value is -0.570. The molecule has 0 amide bonds. The number of rotatable bonds is 2. The zero-order valence-corrected chi connectivity index (χ0v) is 7.58. The molecule has 2 N–H and O–H groups in total. The SMILES string of the molecule is COC(=O)C[C@@H]1CCCC[C@H]1N. The molecular formula is C9H17NO2. The van der Waals surface area contributed by atoms with E-state index >= 15 is 0 Å². The van der Waals surface area contributed by atoms with Gasteiger partial charge in [0.25, 0.3) is 0 Å². The summed E-state index contributed by atoms with van der Waals surface area (Å²) in [5, 5.41) is 0. The van der Waals surface area contributed by atoms with Crippen LogP contribution in [0.25, 0.3) is 0 Å². The van der Waals surface area contributed by atoms with Crippen LogP contribution in [0.4, 0.5) is 0 Å². The first kappa shape index (κ1) is 9.52. The molecule has 1 aliphatic carbocycles. The van der Waals surface area contributed by atoms with Crippen molar-refractivity contribution >= 4 is 5.97 Å². The van der Waals surface area contributed by atoms with E-state index in [9.17, 15) is 4.79 Å². The minimum absolute atomic E-state index is 0.127. The lowest BCUT2D eigenvalue weighted by Gasteiger charge is -2.27. The summed E-state index contributed by atoms with van der Waals surface area (Å²) in [4.78, 5) is 10.9. The van der Waals surface area contributed by atoms with Crippen molar-refractivity contribution in [2.24, 2.45) is 11.7 Å². The van der Waals surface area contributed by atoms with E-state index in [2.05, 4.69) is 4.74 Å². The Bertz CT molecular complexity index is 159. The summed E-state index contributed by atoms with van der Waals surface area (Å²) in [5.41, 5.74) is 5.87. The molecule has 1 fully saturated rings. The lowest BCUT2D eigenvalue weighted by atomic mass is 9.83. The third kappa shape index (κ3) is 2.48. The van der Waals surface area contributed by atoms with Crippen molar-refractivity contribution in [2.75, 3.05) is 7.11 Å². The number of methoxy groups -OCH3 is 1. The largest absolute Gasteiger partial charge is 0.469 e. The third-order valence-corrected chi connectivity index (χ3v) is 2.62. The molecule has 1 saturated carbocycles. The highest BCUT2D eigenvalue weighted by molar-refractivity contribution is 5.69. The molecule has 0 aromatic heterocycles. The number of carbonyl (C=O) groups is 1. The van der Waals surface area contributed by atoms with E-state index in [4.69, 9.17) is 5.73 Å². The number of carbonyl (C=O) groups excluding carboxylic acids is 1. The predicted molar refractivity (Wildman–Crippen MR) is 46.6 cm³/mol. The van der Waals surface area contributed by atoms with Crippen LogP contribution >= 0.6 is 0 Å². The number of hydrogen-bond donors (Lipinski definition) is 1. The molecule has 70 valence electrons. The molecule has 0 saturated heterocycles. The Kier molecular flexibility index (Phi) is 3.53. The Balaban J connectivity index is 2.33. The second-order valence-corrected chi connectivity index (χ2v) is 3.49. The molecule has 0 aromatic rings. The van der Waals surface area contributed by atoms with Crippen molar-refractivity contribution in [1.82, 2.24) is 0 Å². The Morgan fingerprint density at radius 2 is 2.17 bits per heavy atom. The maximum atomic E-state index is 10.9. The molecule has 0 unspecified atom stereocenters. The highest BCUT2D eigenvalue weighted by atomic mass is 16.5. The molecule has 3 nitrogen and oxygen atoms in total. The minimum atomic E-state index is -0.127. The molecule has 1 rings (SSSR count). The van der Waals surface area contributed by atoms with Gasteiger partial charge in [-0.15, -0.1) is 0 Å². The lowest BCUT2D eigenvalue weighted by Crippen LogP contribution is -2.34. The second kappa shape index (κ2) is 4.45. The van der Waals surface area contributed by atoms with Crippen molar-refractivity contribution in [3.8, 4) is 0 Å². The van der Waals surface area contributed by atoms with Crippen LogP contribution in [-0.4, -0.2) is 19.1 Å². The van der Waals surface area contributed by atoms with Crippen LogP contribution in [0.2, 0.25) is 0 Å². The maximum Gasteiger partial charge on any atom is 0.305 e. The zero-order chi connectivity index (χ0) is 8.97. The third-order valence-electron chi connectivity index (χ3n) is 2.62. The summed E-state index contributed by atoms with van der Waals surface area (Å²) in [6.45, 7) is 0. The summed E-state index contributed by atoms with van der Waals surface area (Å²) in [5.74, 6) is 0.226. The second-order valence-electron chi connectivity index (χ2n) is 3.49. The van der Waals surface area contributed by atoms with E-state index < -0.39 is 0 Å². The van der Waals surface area contributed by atoms with E-state index in [1.807, 2.05) is 0 Å². The Morgan fingerprint density at radius 3 is 2.75 bits per heavy atom. The van der Waals surface area contributed by atoms with Gasteiger partial charge in [-0.3, -0.25) is 4.79 Å². The van der Waals surface area contributed by atoms with Crippen LogP contribution in [-0.2, 0) is 9.53 Å². The van der Waals surface area contributed by atoms with Crippen LogP contribution in [0.3, 0.4) is 0 Å². The van der Waals surface area contributed by atoms with Crippen LogP contribution in [0.15, 0.2) is 0 Å². The molecule has 0 heterocycles. The van der Waals surface area contributed by atoms with E-state index in [1.165, 1.54) is 20.0 Å². The number of ether oxygens (including phenoxy) is 1. The summed E-state index contributed by atoms with van der Waals surface area (Å²) in [7, 11) is 1.43. The van der Waals surface area contributed by atoms with Crippen molar-refractivity contribution in [2.45, 2.75) is 38.1 Å². The first-order valence-corrected chi connectivity index (χ1v) is 4.56. The van der Waals surface area contributed by atoms with Crippen LogP contribution in [0, 0.1) is 5.92 Å². The van der Waals surface area contributed by atoms with Gasteiger partial charge in [-0.2, -0.15) is 0 Å². The van der Waals surface area contributed by atoms with E-state index in [1.54, 1.807) is 0 Å². The smallest absolute Gasteiger partial charge is 0.305 e. The molecule has 2 atom stereocenters. The normalized spacial score (nSPS) is 29.8. The van der Waals surface area contributed by atoms with Gasteiger partial charge >= 0.3 is 5.97 Å². The Morgan fingerprint density at radius 1 is 1.50 bits per heavy atom. The summed E-state index contributed by atoms with van der Waals surface area (Å²) in [6, 6.07) is 0.206. The molecule has 0 bridgehead atoms. The van der Waals surface area contributed by atoms with Crippen LogP contribution in [0.1, 0.15) is 32.1 Å². The minimum Gasteiger partial charge on any atom is -0.469 e. The monoisotopic (exact) mass is 171 g/mol. The Labute approximate surface area is 73.3 Å². The summed E-state index contributed by atoms with van der Waals surface area (Å²) < 4.78 is 4.61. The number of hydrogen-bond acceptors (Lipinski definition) is 3. The standard InChI is InChI=1S/C9H17NO2/c1-12-9(11)6-7-4-2-3-5-8(7)10/h7-8H,2-6,10H2,1H3/t7-,8+/m0/s1. The van der Waals surface area contributed by atoms with E-state index in [-0.39, 0.29) is 12.0 Å². The molecule has 0 aromatic carbocycles. The fourth-order valence-corrected chi connectivity index (χ4v) is 1.79. The van der Waals surface area contributed by atoms with Gasteiger partial charge in [0.15, 0.2) is 0 Å². The fraction of sp³-hybridized carbons (Fsp3) is 0.889. The average molecular weight is 171 g/mol. The maximum absolute atomic E-state index is 10.9. The fourth-order valence-electron chi connectivity index (χ4n) is 1.79. The van der Waals surface area contributed by atoms with Crippen molar-refractivity contribution in [3.05, 3.63) is 0 Å². The van der Waals surface area contributed by atoms with E-state index in [0.29, 0.717) is 12.3 Å². The lowest BCUT2D eigenvalue weighted by molar-refractivity contribution is -0.142.